The highest BCUT2D eigenvalue weighted by Crippen LogP contribution is 2.32. The molecule has 0 radical (unpaired) electrons. The maximum absolute atomic E-state index is 5.98. The van der Waals surface area contributed by atoms with Gasteiger partial charge in [-0.05, 0) is 18.6 Å². The molecule has 0 aliphatic heterocycles. The molecule has 0 saturated carbocycles. The average molecular weight is 396 g/mol. The lowest BCUT2D eigenvalue weighted by Crippen LogP contribution is -2.30. The molecule has 19 heavy (non-hydrogen) atoms. The molecule has 0 aliphatic carbocycles. The van der Waals surface area contributed by atoms with Crippen LogP contribution < -0.4 is 0 Å². The van der Waals surface area contributed by atoms with Crippen LogP contribution in [0.5, 0.6) is 0 Å². The number of ether oxygens (including phenoxy) is 3. The highest BCUT2D eigenvalue weighted by molar-refractivity contribution is 9.10. The normalized spacial score (nSPS) is 14.3. The van der Waals surface area contributed by atoms with Gasteiger partial charge in [0.2, 0.25) is 0 Å². The van der Waals surface area contributed by atoms with Crippen LogP contribution in [0.3, 0.4) is 0 Å². The van der Waals surface area contributed by atoms with E-state index in [1.807, 2.05) is 18.2 Å². The van der Waals surface area contributed by atoms with Gasteiger partial charge in [0.05, 0.1) is 26.4 Å². The van der Waals surface area contributed by atoms with Gasteiger partial charge in [-0.3, -0.25) is 0 Å². The Kier molecular flexibility index (Phi) is 8.18. The standard InChI is InChI=1S/C14H20Br2O3/c1-14(11-15,12-5-3-4-6-13(12)16)19-10-9-18-8-7-17-2/h3-6H,7-11H2,1-2H3. The maximum Gasteiger partial charge on any atom is 0.101 e. The lowest BCUT2D eigenvalue weighted by molar-refractivity contribution is -0.0507. The van der Waals surface area contributed by atoms with Gasteiger partial charge in [0.25, 0.3) is 0 Å². The van der Waals surface area contributed by atoms with Crippen molar-refractivity contribution in [3.63, 3.8) is 0 Å². The van der Waals surface area contributed by atoms with Crippen molar-refractivity contribution in [2.45, 2.75) is 12.5 Å². The Hall–Kier alpha value is 0.0600. The molecule has 3 nitrogen and oxygen atoms in total. The molecule has 1 rings (SSSR count). The Morgan fingerprint density at radius 1 is 1.11 bits per heavy atom. The van der Waals surface area contributed by atoms with Crippen molar-refractivity contribution in [2.24, 2.45) is 0 Å². The van der Waals surface area contributed by atoms with E-state index in [4.69, 9.17) is 14.2 Å². The van der Waals surface area contributed by atoms with Crippen LogP contribution in [-0.2, 0) is 19.8 Å². The smallest absolute Gasteiger partial charge is 0.101 e. The van der Waals surface area contributed by atoms with E-state index < -0.39 is 0 Å². The van der Waals surface area contributed by atoms with Crippen LogP contribution in [-0.4, -0.2) is 38.9 Å². The molecule has 0 N–H and O–H groups in total. The van der Waals surface area contributed by atoms with Gasteiger partial charge in [-0.25, -0.2) is 0 Å². The minimum Gasteiger partial charge on any atom is -0.382 e. The van der Waals surface area contributed by atoms with Gasteiger partial charge in [-0.2, -0.15) is 0 Å². The molecule has 108 valence electrons. The summed E-state index contributed by atoms with van der Waals surface area (Å²) in [7, 11) is 1.66. The van der Waals surface area contributed by atoms with Crippen LogP contribution in [0.1, 0.15) is 12.5 Å². The summed E-state index contributed by atoms with van der Waals surface area (Å²) in [5.41, 5.74) is 0.758. The van der Waals surface area contributed by atoms with Gasteiger partial charge < -0.3 is 14.2 Å². The first-order valence-corrected chi connectivity index (χ1v) is 8.07. The van der Waals surface area contributed by atoms with Crippen molar-refractivity contribution in [1.29, 1.82) is 0 Å². The van der Waals surface area contributed by atoms with E-state index >= 15 is 0 Å². The summed E-state index contributed by atoms with van der Waals surface area (Å²) in [5.74, 6) is 0. The summed E-state index contributed by atoms with van der Waals surface area (Å²) in [6, 6.07) is 8.10. The maximum atomic E-state index is 5.98. The van der Waals surface area contributed by atoms with Crippen molar-refractivity contribution >= 4 is 31.9 Å². The minimum atomic E-state index is -0.370. The number of hydrogen-bond donors (Lipinski definition) is 0. The van der Waals surface area contributed by atoms with E-state index in [1.54, 1.807) is 7.11 Å². The summed E-state index contributed by atoms with van der Waals surface area (Å²) < 4.78 is 17.4. The largest absolute Gasteiger partial charge is 0.382 e. The molecule has 1 aromatic carbocycles. The van der Waals surface area contributed by atoms with Crippen LogP contribution in [0.2, 0.25) is 0 Å². The quantitative estimate of drug-likeness (QED) is 0.470. The Labute approximate surface area is 131 Å². The predicted octanol–water partition coefficient (Wildman–Crippen LogP) is 3.74. The van der Waals surface area contributed by atoms with Crippen molar-refractivity contribution < 1.29 is 14.2 Å². The molecule has 0 spiro atoms. The van der Waals surface area contributed by atoms with E-state index in [9.17, 15) is 0 Å². The molecule has 0 heterocycles. The zero-order valence-corrected chi connectivity index (χ0v) is 14.5. The molecule has 0 amide bonds. The van der Waals surface area contributed by atoms with Crippen LogP contribution in [0, 0.1) is 0 Å². The van der Waals surface area contributed by atoms with Crippen molar-refractivity contribution in [2.75, 3.05) is 38.9 Å². The summed E-state index contributed by atoms with van der Waals surface area (Å²) in [6.07, 6.45) is 0. The fraction of sp³-hybridized carbons (Fsp3) is 0.571. The second-order valence-corrected chi connectivity index (χ2v) is 5.71. The summed E-state index contributed by atoms with van der Waals surface area (Å²) >= 11 is 7.10. The molecule has 1 aromatic rings. The van der Waals surface area contributed by atoms with E-state index in [0.717, 1.165) is 15.4 Å². The number of rotatable bonds is 9. The average Bonchev–Trinajstić information content (AvgIpc) is 2.43. The van der Waals surface area contributed by atoms with E-state index in [-0.39, 0.29) is 5.60 Å². The molecule has 1 atom stereocenters. The zero-order valence-electron chi connectivity index (χ0n) is 11.3. The SMILES string of the molecule is COCCOCCOC(C)(CBr)c1ccccc1Br. The second-order valence-electron chi connectivity index (χ2n) is 4.30. The first-order valence-electron chi connectivity index (χ1n) is 6.15. The summed E-state index contributed by atoms with van der Waals surface area (Å²) in [4.78, 5) is 0. The Morgan fingerprint density at radius 2 is 1.79 bits per heavy atom. The van der Waals surface area contributed by atoms with Gasteiger partial charge in [0.1, 0.15) is 5.60 Å². The minimum absolute atomic E-state index is 0.370. The first kappa shape index (κ1) is 17.1. The number of halogens is 2. The number of alkyl halides is 1. The number of methoxy groups -OCH3 is 1. The fourth-order valence-corrected chi connectivity index (χ4v) is 2.82. The Morgan fingerprint density at radius 3 is 2.42 bits per heavy atom. The fourth-order valence-electron chi connectivity index (χ4n) is 1.65. The van der Waals surface area contributed by atoms with Crippen LogP contribution in [0.25, 0.3) is 0 Å². The third-order valence-corrected chi connectivity index (χ3v) is 4.54. The van der Waals surface area contributed by atoms with Gasteiger partial charge in [-0.15, -0.1) is 0 Å². The van der Waals surface area contributed by atoms with E-state index in [0.29, 0.717) is 26.4 Å². The highest BCUT2D eigenvalue weighted by atomic mass is 79.9. The van der Waals surface area contributed by atoms with Crippen LogP contribution in [0.15, 0.2) is 28.7 Å². The van der Waals surface area contributed by atoms with Crippen molar-refractivity contribution in [3.8, 4) is 0 Å². The lowest BCUT2D eigenvalue weighted by atomic mass is 9.98. The van der Waals surface area contributed by atoms with Crippen LogP contribution >= 0.6 is 31.9 Å². The molecule has 0 aromatic heterocycles. The molecule has 0 saturated heterocycles. The number of benzene rings is 1. The molecular formula is C14H20Br2O3. The molecular weight excluding hydrogens is 376 g/mol. The topological polar surface area (TPSA) is 27.7 Å². The molecule has 0 aliphatic rings. The third kappa shape index (κ3) is 5.52. The van der Waals surface area contributed by atoms with Gasteiger partial charge >= 0.3 is 0 Å². The van der Waals surface area contributed by atoms with Crippen molar-refractivity contribution in [3.05, 3.63) is 34.3 Å². The predicted molar refractivity (Wildman–Crippen MR) is 83.9 cm³/mol. The highest BCUT2D eigenvalue weighted by Gasteiger charge is 2.28. The monoisotopic (exact) mass is 394 g/mol. The third-order valence-electron chi connectivity index (χ3n) is 2.78. The van der Waals surface area contributed by atoms with E-state index in [1.165, 1.54) is 0 Å². The Balaban J connectivity index is 2.49. The summed E-state index contributed by atoms with van der Waals surface area (Å²) in [5, 5.41) is 0.723. The first-order chi connectivity index (χ1) is 9.14. The van der Waals surface area contributed by atoms with Gasteiger partial charge in [-0.1, -0.05) is 50.1 Å². The Bertz CT molecular complexity index is 373. The number of hydrogen-bond acceptors (Lipinski definition) is 3. The van der Waals surface area contributed by atoms with Crippen LogP contribution in [0.4, 0.5) is 0 Å². The molecule has 1 unspecified atom stereocenters. The molecule has 0 fully saturated rings. The van der Waals surface area contributed by atoms with Crippen molar-refractivity contribution in [1.82, 2.24) is 0 Å². The second kappa shape index (κ2) is 9.08. The van der Waals surface area contributed by atoms with Gasteiger partial charge in [0.15, 0.2) is 0 Å². The lowest BCUT2D eigenvalue weighted by Gasteiger charge is -2.29. The molecule has 5 heteroatoms. The summed E-state index contributed by atoms with van der Waals surface area (Å²) in [6.45, 7) is 4.39. The van der Waals surface area contributed by atoms with E-state index in [2.05, 4.69) is 44.8 Å². The molecule has 0 bridgehead atoms. The van der Waals surface area contributed by atoms with Gasteiger partial charge in [0, 0.05) is 16.9 Å². The zero-order chi connectivity index (χ0) is 14.1.